The molecule has 0 radical (unpaired) electrons. The zero-order valence-electron chi connectivity index (χ0n) is 13.3. The molecule has 1 saturated heterocycles. The molecule has 1 amide bonds. The van der Waals surface area contributed by atoms with Gasteiger partial charge in [0.15, 0.2) is 5.82 Å². The molecule has 1 atom stereocenters. The van der Waals surface area contributed by atoms with Gasteiger partial charge in [-0.05, 0) is 12.8 Å². The Balaban J connectivity index is 1.87. The van der Waals surface area contributed by atoms with Gasteiger partial charge in [0, 0.05) is 31.3 Å². The van der Waals surface area contributed by atoms with E-state index in [4.69, 9.17) is 9.63 Å². The fourth-order valence-electron chi connectivity index (χ4n) is 2.44. The lowest BCUT2D eigenvalue weighted by Gasteiger charge is -2.30. The number of aromatic nitrogens is 2. The van der Waals surface area contributed by atoms with Crippen LogP contribution in [0, 0.1) is 5.92 Å². The first-order chi connectivity index (χ1) is 10.3. The van der Waals surface area contributed by atoms with Crippen LogP contribution in [0.15, 0.2) is 4.52 Å². The quantitative estimate of drug-likeness (QED) is 0.908. The van der Waals surface area contributed by atoms with Crippen molar-refractivity contribution in [1.29, 1.82) is 0 Å². The average molecular weight is 309 g/mol. The number of likely N-dealkylation sites (tertiary alicyclic amines) is 1. The second-order valence-electron chi connectivity index (χ2n) is 6.78. The third-order valence-corrected chi connectivity index (χ3v) is 3.81. The minimum Gasteiger partial charge on any atom is -0.481 e. The van der Waals surface area contributed by atoms with Gasteiger partial charge in [-0.3, -0.25) is 9.59 Å². The summed E-state index contributed by atoms with van der Waals surface area (Å²) in [7, 11) is 0. The number of aryl methyl sites for hydroxylation is 1. The Morgan fingerprint density at radius 2 is 2.14 bits per heavy atom. The van der Waals surface area contributed by atoms with Gasteiger partial charge >= 0.3 is 5.97 Å². The molecule has 7 nitrogen and oxygen atoms in total. The van der Waals surface area contributed by atoms with Crippen LogP contribution in [-0.2, 0) is 21.4 Å². The molecule has 0 unspecified atom stereocenters. The van der Waals surface area contributed by atoms with Crippen LogP contribution in [0.1, 0.15) is 51.7 Å². The van der Waals surface area contributed by atoms with Crippen LogP contribution >= 0.6 is 0 Å². The van der Waals surface area contributed by atoms with Gasteiger partial charge in [0.1, 0.15) is 0 Å². The van der Waals surface area contributed by atoms with Gasteiger partial charge in [-0.15, -0.1) is 0 Å². The summed E-state index contributed by atoms with van der Waals surface area (Å²) in [5.74, 6) is -0.261. The zero-order chi connectivity index (χ0) is 16.3. The molecule has 0 saturated carbocycles. The minimum atomic E-state index is -0.829. The highest BCUT2D eigenvalue weighted by Gasteiger charge is 2.28. The second-order valence-corrected chi connectivity index (χ2v) is 6.78. The fourth-order valence-corrected chi connectivity index (χ4v) is 2.44. The molecule has 0 aliphatic carbocycles. The van der Waals surface area contributed by atoms with E-state index in [0.717, 1.165) is 6.42 Å². The average Bonchev–Trinajstić information content (AvgIpc) is 2.94. The number of amides is 1. The first-order valence-electron chi connectivity index (χ1n) is 7.61. The molecule has 1 aromatic heterocycles. The van der Waals surface area contributed by atoms with Gasteiger partial charge in [0.25, 0.3) is 0 Å². The summed E-state index contributed by atoms with van der Waals surface area (Å²) >= 11 is 0. The van der Waals surface area contributed by atoms with Gasteiger partial charge in [-0.1, -0.05) is 25.9 Å². The lowest BCUT2D eigenvalue weighted by atomic mass is 9.96. The Morgan fingerprint density at radius 3 is 2.73 bits per heavy atom. The summed E-state index contributed by atoms with van der Waals surface area (Å²) in [6.07, 6.45) is 2.02. The fraction of sp³-hybridized carbons (Fsp3) is 0.733. The highest BCUT2D eigenvalue weighted by molar-refractivity contribution is 5.78. The molecule has 7 heteroatoms. The summed E-state index contributed by atoms with van der Waals surface area (Å²) in [6.45, 7) is 6.90. The molecule has 1 fully saturated rings. The van der Waals surface area contributed by atoms with E-state index in [1.807, 2.05) is 20.8 Å². The number of carboxylic acid groups (broad SMARTS) is 1. The van der Waals surface area contributed by atoms with Crippen molar-refractivity contribution >= 4 is 11.9 Å². The number of piperidine rings is 1. The topological polar surface area (TPSA) is 96.5 Å². The van der Waals surface area contributed by atoms with E-state index >= 15 is 0 Å². The number of carboxylic acids is 1. The van der Waals surface area contributed by atoms with Crippen LogP contribution in [0.2, 0.25) is 0 Å². The maximum atomic E-state index is 12.2. The number of rotatable bonds is 4. The molecule has 122 valence electrons. The Kier molecular flexibility index (Phi) is 4.83. The third-order valence-electron chi connectivity index (χ3n) is 3.81. The van der Waals surface area contributed by atoms with Gasteiger partial charge in [0.05, 0.1) is 5.92 Å². The van der Waals surface area contributed by atoms with E-state index in [1.54, 1.807) is 4.90 Å². The smallest absolute Gasteiger partial charge is 0.308 e. The Hall–Kier alpha value is -1.92. The predicted molar refractivity (Wildman–Crippen MR) is 78.3 cm³/mol. The normalized spacial score (nSPS) is 19.2. The maximum Gasteiger partial charge on any atom is 0.308 e. The van der Waals surface area contributed by atoms with Crippen LogP contribution in [0.5, 0.6) is 0 Å². The van der Waals surface area contributed by atoms with Crippen molar-refractivity contribution in [3.63, 3.8) is 0 Å². The number of nitrogens with zero attached hydrogens (tertiary/aromatic N) is 3. The molecule has 1 aromatic rings. The van der Waals surface area contributed by atoms with E-state index < -0.39 is 11.9 Å². The zero-order valence-corrected chi connectivity index (χ0v) is 13.3. The summed E-state index contributed by atoms with van der Waals surface area (Å²) in [6, 6.07) is 0. The molecule has 1 N–H and O–H groups in total. The number of carbonyl (C=O) groups excluding carboxylic acids is 1. The molecule has 0 aromatic carbocycles. The van der Waals surface area contributed by atoms with E-state index in [1.165, 1.54) is 0 Å². The number of carbonyl (C=O) groups is 2. The molecular formula is C15H23N3O4. The second kappa shape index (κ2) is 6.46. The van der Waals surface area contributed by atoms with Crippen molar-refractivity contribution in [2.75, 3.05) is 13.1 Å². The highest BCUT2D eigenvalue weighted by Crippen LogP contribution is 2.20. The predicted octanol–water partition coefficient (Wildman–Crippen LogP) is 1.62. The van der Waals surface area contributed by atoms with Crippen LogP contribution in [0.4, 0.5) is 0 Å². The SMILES string of the molecule is CC(C)(C)c1noc(CCC(=O)N2CCC[C@H](C(=O)O)C2)n1. The van der Waals surface area contributed by atoms with Crippen molar-refractivity contribution in [2.45, 2.75) is 51.9 Å². The number of hydrogen-bond donors (Lipinski definition) is 1. The molecule has 0 bridgehead atoms. The summed E-state index contributed by atoms with van der Waals surface area (Å²) in [5, 5.41) is 13.0. The summed E-state index contributed by atoms with van der Waals surface area (Å²) in [5.41, 5.74) is -0.187. The lowest BCUT2D eigenvalue weighted by molar-refractivity contribution is -0.145. The molecule has 0 spiro atoms. The summed E-state index contributed by atoms with van der Waals surface area (Å²) in [4.78, 5) is 29.1. The van der Waals surface area contributed by atoms with Gasteiger partial charge in [-0.2, -0.15) is 4.98 Å². The molecule has 2 heterocycles. The minimum absolute atomic E-state index is 0.0542. The lowest BCUT2D eigenvalue weighted by Crippen LogP contribution is -2.42. The summed E-state index contributed by atoms with van der Waals surface area (Å²) < 4.78 is 5.16. The van der Waals surface area contributed by atoms with E-state index in [-0.39, 0.29) is 17.7 Å². The van der Waals surface area contributed by atoms with Gasteiger partial charge < -0.3 is 14.5 Å². The van der Waals surface area contributed by atoms with Crippen molar-refractivity contribution in [2.24, 2.45) is 5.92 Å². The van der Waals surface area contributed by atoms with Crippen molar-refractivity contribution < 1.29 is 19.2 Å². The Morgan fingerprint density at radius 1 is 1.41 bits per heavy atom. The first-order valence-corrected chi connectivity index (χ1v) is 7.61. The molecule has 1 aliphatic rings. The van der Waals surface area contributed by atoms with Crippen LogP contribution < -0.4 is 0 Å². The molecule has 2 rings (SSSR count). The van der Waals surface area contributed by atoms with Gasteiger partial charge in [0.2, 0.25) is 11.8 Å². The van der Waals surface area contributed by atoms with E-state index in [2.05, 4.69) is 10.1 Å². The Labute approximate surface area is 129 Å². The van der Waals surface area contributed by atoms with Crippen molar-refractivity contribution in [3.05, 3.63) is 11.7 Å². The van der Waals surface area contributed by atoms with Crippen LogP contribution in [-0.4, -0.2) is 45.1 Å². The van der Waals surface area contributed by atoms with Crippen molar-refractivity contribution in [3.8, 4) is 0 Å². The standard InChI is InChI=1S/C15H23N3O4/c1-15(2,3)14-16-11(22-17-14)6-7-12(19)18-8-4-5-10(9-18)13(20)21/h10H,4-9H2,1-3H3,(H,20,21)/t10-/m0/s1. The van der Waals surface area contributed by atoms with Crippen LogP contribution in [0.3, 0.4) is 0 Å². The Bertz CT molecular complexity index is 547. The van der Waals surface area contributed by atoms with E-state index in [9.17, 15) is 9.59 Å². The monoisotopic (exact) mass is 309 g/mol. The van der Waals surface area contributed by atoms with Crippen LogP contribution in [0.25, 0.3) is 0 Å². The van der Waals surface area contributed by atoms with E-state index in [0.29, 0.717) is 37.6 Å². The molecular weight excluding hydrogens is 286 g/mol. The molecule has 1 aliphatic heterocycles. The van der Waals surface area contributed by atoms with Gasteiger partial charge in [-0.25, -0.2) is 0 Å². The third kappa shape index (κ3) is 4.05. The number of hydrogen-bond acceptors (Lipinski definition) is 5. The molecule has 22 heavy (non-hydrogen) atoms. The highest BCUT2D eigenvalue weighted by atomic mass is 16.5. The largest absolute Gasteiger partial charge is 0.481 e. The van der Waals surface area contributed by atoms with Crippen molar-refractivity contribution in [1.82, 2.24) is 15.0 Å². The maximum absolute atomic E-state index is 12.2. The first kappa shape index (κ1) is 16.5. The number of aliphatic carboxylic acids is 1.